The average molecular weight is 471 g/mol. The second kappa shape index (κ2) is 8.36. The number of carbonyl (C=O) groups is 2. The van der Waals surface area contributed by atoms with Crippen molar-refractivity contribution in [3.05, 3.63) is 69.2 Å². The zero-order chi connectivity index (χ0) is 22.2. The molecule has 2 aromatic heterocycles. The van der Waals surface area contributed by atoms with Gasteiger partial charge in [-0.25, -0.2) is 4.79 Å². The maximum atomic E-state index is 13.3. The van der Waals surface area contributed by atoms with Crippen LogP contribution < -0.4 is 16.2 Å². The lowest BCUT2D eigenvalue weighted by atomic mass is 9.83. The number of fused-ring (bicyclic) bond motifs is 4. The quantitative estimate of drug-likeness (QED) is 0.610. The second-order valence-corrected chi connectivity index (χ2v) is 9.08. The molecule has 32 heavy (non-hydrogen) atoms. The molecule has 3 aromatic rings. The molecule has 0 unspecified atom stereocenters. The number of nitrogens with zero attached hydrogens (tertiary/aromatic N) is 4. The van der Waals surface area contributed by atoms with Gasteiger partial charge in [-0.15, -0.1) is 5.10 Å². The topological polar surface area (TPSA) is 109 Å². The standard InChI is InChI=1S/C21H19ClN6O3S/c22-14-4-1-2-5-15(14)23-21(31)24-19-18(25-26-32-19)20(30)27-9-12-8-13(11-27)16-6-3-7-17(29)28(16)10-12/h1-7,12-13H,8-11H2,(H2,23,24,31)/t12-,13+/m1/s1. The Morgan fingerprint density at radius 1 is 1.06 bits per heavy atom. The maximum Gasteiger partial charge on any atom is 0.324 e. The van der Waals surface area contributed by atoms with Gasteiger partial charge >= 0.3 is 6.03 Å². The molecule has 4 heterocycles. The number of para-hydroxylation sites is 1. The molecule has 0 aliphatic carbocycles. The molecule has 2 aliphatic rings. The summed E-state index contributed by atoms with van der Waals surface area (Å²) in [7, 11) is 0. The van der Waals surface area contributed by atoms with Crippen LogP contribution in [0.4, 0.5) is 15.5 Å². The molecule has 1 fully saturated rings. The van der Waals surface area contributed by atoms with Crippen molar-refractivity contribution in [3.8, 4) is 0 Å². The Morgan fingerprint density at radius 3 is 2.75 bits per heavy atom. The van der Waals surface area contributed by atoms with Gasteiger partial charge in [-0.1, -0.05) is 34.3 Å². The SMILES string of the molecule is O=C(Nc1ccccc1Cl)Nc1snnc1C(=O)N1C[C@H]2C[C@@H](C1)c1cccc(=O)n1C2. The zero-order valence-corrected chi connectivity index (χ0v) is 18.4. The Balaban J connectivity index is 1.31. The summed E-state index contributed by atoms with van der Waals surface area (Å²) < 4.78 is 5.68. The molecular weight excluding hydrogens is 452 g/mol. The highest BCUT2D eigenvalue weighted by Gasteiger charge is 2.37. The van der Waals surface area contributed by atoms with Crippen molar-refractivity contribution in [3.63, 3.8) is 0 Å². The van der Waals surface area contributed by atoms with E-state index in [9.17, 15) is 14.4 Å². The number of hydrogen-bond acceptors (Lipinski definition) is 6. The Hall–Kier alpha value is -3.24. The predicted molar refractivity (Wildman–Crippen MR) is 121 cm³/mol. The van der Waals surface area contributed by atoms with E-state index < -0.39 is 6.03 Å². The van der Waals surface area contributed by atoms with E-state index in [0.717, 1.165) is 23.6 Å². The summed E-state index contributed by atoms with van der Waals surface area (Å²) in [5.41, 5.74) is 1.52. The summed E-state index contributed by atoms with van der Waals surface area (Å²) in [4.78, 5) is 39.6. The van der Waals surface area contributed by atoms with Gasteiger partial charge < -0.3 is 14.8 Å². The highest BCUT2D eigenvalue weighted by atomic mass is 35.5. The van der Waals surface area contributed by atoms with Crippen LogP contribution >= 0.6 is 23.1 Å². The smallest absolute Gasteiger partial charge is 0.324 e. The monoisotopic (exact) mass is 470 g/mol. The van der Waals surface area contributed by atoms with E-state index in [0.29, 0.717) is 30.3 Å². The van der Waals surface area contributed by atoms with Gasteiger partial charge in [0.2, 0.25) is 0 Å². The van der Waals surface area contributed by atoms with Crippen molar-refractivity contribution >= 4 is 45.8 Å². The summed E-state index contributed by atoms with van der Waals surface area (Å²) >= 11 is 7.02. The first kappa shape index (κ1) is 20.7. The molecule has 11 heteroatoms. The number of aromatic nitrogens is 3. The van der Waals surface area contributed by atoms with Crippen molar-refractivity contribution in [1.82, 2.24) is 19.1 Å². The molecule has 0 saturated carbocycles. The van der Waals surface area contributed by atoms with E-state index in [2.05, 4.69) is 20.2 Å². The number of piperidine rings is 1. The third kappa shape index (κ3) is 3.87. The third-order valence-electron chi connectivity index (χ3n) is 5.81. The fraction of sp³-hybridized carbons (Fsp3) is 0.286. The van der Waals surface area contributed by atoms with Crippen molar-refractivity contribution in [2.45, 2.75) is 18.9 Å². The van der Waals surface area contributed by atoms with Crippen LogP contribution in [0.2, 0.25) is 5.02 Å². The van der Waals surface area contributed by atoms with E-state index in [-0.39, 0.29) is 34.0 Å². The Kier molecular flexibility index (Phi) is 5.40. The fourth-order valence-electron chi connectivity index (χ4n) is 4.44. The van der Waals surface area contributed by atoms with Gasteiger partial charge in [0.05, 0.1) is 10.7 Å². The van der Waals surface area contributed by atoms with Crippen LogP contribution in [0, 0.1) is 5.92 Å². The zero-order valence-electron chi connectivity index (χ0n) is 16.8. The van der Waals surface area contributed by atoms with Crippen molar-refractivity contribution in [2.24, 2.45) is 5.92 Å². The molecule has 2 atom stereocenters. The third-order valence-corrected chi connectivity index (χ3v) is 6.78. The number of rotatable bonds is 3. The molecule has 9 nitrogen and oxygen atoms in total. The minimum atomic E-state index is -0.540. The Labute approximate surface area is 192 Å². The van der Waals surface area contributed by atoms with Gasteiger partial charge in [-0.05, 0) is 30.5 Å². The van der Waals surface area contributed by atoms with Gasteiger partial charge in [-0.3, -0.25) is 14.9 Å². The highest BCUT2D eigenvalue weighted by Crippen LogP contribution is 2.36. The Morgan fingerprint density at radius 2 is 1.91 bits per heavy atom. The van der Waals surface area contributed by atoms with Crippen LogP contribution in [0.15, 0.2) is 47.3 Å². The van der Waals surface area contributed by atoms with Crippen LogP contribution in [-0.4, -0.2) is 44.1 Å². The molecule has 5 rings (SSSR count). The van der Waals surface area contributed by atoms with Gasteiger partial charge in [0.1, 0.15) is 0 Å². The maximum absolute atomic E-state index is 13.3. The lowest BCUT2D eigenvalue weighted by Crippen LogP contribution is -2.49. The fourth-order valence-corrected chi connectivity index (χ4v) is 5.18. The molecule has 2 aliphatic heterocycles. The first-order valence-corrected chi connectivity index (χ1v) is 11.3. The molecular formula is C21H19ClN6O3S. The summed E-state index contributed by atoms with van der Waals surface area (Å²) in [6, 6.07) is 11.6. The minimum Gasteiger partial charge on any atom is -0.336 e. The summed E-state index contributed by atoms with van der Waals surface area (Å²) in [6.07, 6.45) is 0.938. The average Bonchev–Trinajstić information content (AvgIpc) is 3.23. The van der Waals surface area contributed by atoms with E-state index in [4.69, 9.17) is 11.6 Å². The van der Waals surface area contributed by atoms with Crippen molar-refractivity contribution in [1.29, 1.82) is 0 Å². The first-order chi connectivity index (χ1) is 15.5. The van der Waals surface area contributed by atoms with Crippen LogP contribution in [-0.2, 0) is 6.54 Å². The molecule has 3 amide bonds. The highest BCUT2D eigenvalue weighted by molar-refractivity contribution is 7.10. The van der Waals surface area contributed by atoms with E-state index in [1.165, 1.54) is 0 Å². The number of likely N-dealkylation sites (tertiary alicyclic amines) is 1. The predicted octanol–water partition coefficient (Wildman–Crippen LogP) is 3.26. The number of carbonyl (C=O) groups excluding carboxylic acids is 2. The van der Waals surface area contributed by atoms with Crippen LogP contribution in [0.25, 0.3) is 0 Å². The molecule has 0 radical (unpaired) electrons. The number of pyridine rings is 1. The summed E-state index contributed by atoms with van der Waals surface area (Å²) in [6.45, 7) is 1.61. The van der Waals surface area contributed by atoms with Crippen LogP contribution in [0.1, 0.15) is 28.5 Å². The summed E-state index contributed by atoms with van der Waals surface area (Å²) in [5.74, 6) is -0.00285. The van der Waals surface area contributed by atoms with E-state index in [1.54, 1.807) is 41.3 Å². The molecule has 164 valence electrons. The molecule has 0 spiro atoms. The van der Waals surface area contributed by atoms with Crippen LogP contribution in [0.5, 0.6) is 0 Å². The van der Waals surface area contributed by atoms with Gasteiger partial charge in [0, 0.05) is 48.8 Å². The second-order valence-electron chi connectivity index (χ2n) is 7.92. The number of urea groups is 1. The van der Waals surface area contributed by atoms with Crippen molar-refractivity contribution in [2.75, 3.05) is 23.7 Å². The number of benzene rings is 1. The molecule has 2 bridgehead atoms. The largest absolute Gasteiger partial charge is 0.336 e. The summed E-state index contributed by atoms with van der Waals surface area (Å²) in [5, 5.41) is 9.95. The van der Waals surface area contributed by atoms with E-state index in [1.807, 2.05) is 10.6 Å². The normalized spacial score (nSPS) is 19.2. The number of anilines is 2. The lowest BCUT2D eigenvalue weighted by Gasteiger charge is -2.42. The number of amides is 3. The van der Waals surface area contributed by atoms with Gasteiger partial charge in [-0.2, -0.15) is 0 Å². The van der Waals surface area contributed by atoms with Crippen LogP contribution in [0.3, 0.4) is 0 Å². The van der Waals surface area contributed by atoms with Gasteiger partial charge in [0.25, 0.3) is 11.5 Å². The lowest BCUT2D eigenvalue weighted by molar-refractivity contribution is 0.0590. The molecule has 1 saturated heterocycles. The number of hydrogen-bond donors (Lipinski definition) is 2. The Bertz CT molecular complexity index is 1260. The van der Waals surface area contributed by atoms with Crippen molar-refractivity contribution < 1.29 is 9.59 Å². The van der Waals surface area contributed by atoms with E-state index >= 15 is 0 Å². The first-order valence-electron chi connectivity index (χ1n) is 10.1. The minimum absolute atomic E-state index is 0.00306. The molecule has 2 N–H and O–H groups in total. The number of nitrogens with one attached hydrogen (secondary N) is 2. The number of halogens is 1. The molecule has 1 aromatic carbocycles. The van der Waals surface area contributed by atoms with Gasteiger partial charge in [0.15, 0.2) is 10.7 Å².